The molecule has 18 heavy (non-hydrogen) atoms. The van der Waals surface area contributed by atoms with Crippen LogP contribution in [0.15, 0.2) is 10.6 Å². The molecule has 4 heteroatoms. The van der Waals surface area contributed by atoms with E-state index in [1.807, 2.05) is 6.07 Å². The maximum Gasteiger partial charge on any atom is 0.162 e. The molecule has 4 nitrogen and oxygen atoms in total. The Hall–Kier alpha value is -0.870. The lowest BCUT2D eigenvalue weighted by Crippen LogP contribution is -2.13. The Balaban J connectivity index is 1.57. The fourth-order valence-corrected chi connectivity index (χ4v) is 2.10. The van der Waals surface area contributed by atoms with E-state index in [0.29, 0.717) is 6.61 Å². The zero-order valence-electron chi connectivity index (χ0n) is 11.3. The van der Waals surface area contributed by atoms with Gasteiger partial charge in [-0.05, 0) is 25.3 Å². The summed E-state index contributed by atoms with van der Waals surface area (Å²) in [7, 11) is 0. The zero-order valence-corrected chi connectivity index (χ0v) is 11.3. The van der Waals surface area contributed by atoms with Gasteiger partial charge in [0.1, 0.15) is 6.61 Å². The van der Waals surface area contributed by atoms with Crippen LogP contribution in [-0.2, 0) is 17.9 Å². The highest BCUT2D eigenvalue weighted by molar-refractivity contribution is 5.04. The van der Waals surface area contributed by atoms with E-state index in [9.17, 15) is 0 Å². The summed E-state index contributed by atoms with van der Waals surface area (Å²) in [5, 5.41) is 7.31. The molecule has 0 radical (unpaired) electrons. The summed E-state index contributed by atoms with van der Waals surface area (Å²) < 4.78 is 10.8. The highest BCUT2D eigenvalue weighted by Gasteiger charge is 2.16. The van der Waals surface area contributed by atoms with Gasteiger partial charge in [-0.1, -0.05) is 31.3 Å². The summed E-state index contributed by atoms with van der Waals surface area (Å²) in [6.07, 6.45) is 6.51. The number of rotatable bonds is 9. The summed E-state index contributed by atoms with van der Waals surface area (Å²) in [5.74, 6) is 1.74. The van der Waals surface area contributed by atoms with E-state index in [-0.39, 0.29) is 0 Å². The molecule has 0 bridgehead atoms. The van der Waals surface area contributed by atoms with Crippen molar-refractivity contribution >= 4 is 0 Å². The molecule has 0 unspecified atom stereocenters. The number of nitrogens with one attached hydrogen (secondary N) is 1. The smallest absolute Gasteiger partial charge is 0.162 e. The average Bonchev–Trinajstić information content (AvgIpc) is 2.75. The van der Waals surface area contributed by atoms with Crippen LogP contribution in [-0.4, -0.2) is 18.3 Å². The van der Waals surface area contributed by atoms with Crippen molar-refractivity contribution in [3.8, 4) is 0 Å². The van der Waals surface area contributed by atoms with Crippen molar-refractivity contribution in [2.45, 2.75) is 52.2 Å². The van der Waals surface area contributed by atoms with Gasteiger partial charge >= 0.3 is 0 Å². The fourth-order valence-electron chi connectivity index (χ4n) is 2.10. The standard InChI is InChI=1S/C14H24N2O2/c1-2-7-15-10-13-9-14(18-16-13)11-17-8-6-12-4-3-5-12/h9,12,15H,2-8,10-11H2,1H3. The second kappa shape index (κ2) is 7.54. The lowest BCUT2D eigenvalue weighted by atomic mass is 9.83. The molecule has 1 N–H and O–H groups in total. The Morgan fingerprint density at radius 3 is 3.11 bits per heavy atom. The molecule has 1 aromatic heterocycles. The first kappa shape index (κ1) is 13.6. The van der Waals surface area contributed by atoms with Crippen LogP contribution in [0.3, 0.4) is 0 Å². The lowest BCUT2D eigenvalue weighted by molar-refractivity contribution is 0.0799. The van der Waals surface area contributed by atoms with Crippen LogP contribution in [0.5, 0.6) is 0 Å². The van der Waals surface area contributed by atoms with E-state index >= 15 is 0 Å². The monoisotopic (exact) mass is 252 g/mol. The minimum atomic E-state index is 0.549. The third-order valence-electron chi connectivity index (χ3n) is 3.48. The van der Waals surface area contributed by atoms with E-state index in [1.165, 1.54) is 25.7 Å². The molecule has 0 atom stereocenters. The maximum atomic E-state index is 5.61. The predicted molar refractivity (Wildman–Crippen MR) is 70.1 cm³/mol. The minimum Gasteiger partial charge on any atom is -0.373 e. The highest BCUT2D eigenvalue weighted by Crippen LogP contribution is 2.29. The molecule has 0 spiro atoms. The molecule has 1 heterocycles. The third-order valence-corrected chi connectivity index (χ3v) is 3.48. The van der Waals surface area contributed by atoms with E-state index < -0.39 is 0 Å². The van der Waals surface area contributed by atoms with E-state index in [2.05, 4.69) is 17.4 Å². The second-order valence-corrected chi connectivity index (χ2v) is 5.10. The minimum absolute atomic E-state index is 0.549. The Labute approximate surface area is 109 Å². The second-order valence-electron chi connectivity index (χ2n) is 5.10. The SMILES string of the molecule is CCCNCc1cc(COCCC2CCC2)on1. The number of hydrogen-bond donors (Lipinski definition) is 1. The van der Waals surface area contributed by atoms with E-state index in [4.69, 9.17) is 9.26 Å². The molecule has 1 aliphatic rings. The topological polar surface area (TPSA) is 47.3 Å². The Morgan fingerprint density at radius 1 is 1.50 bits per heavy atom. The molecule has 2 rings (SSSR count). The van der Waals surface area contributed by atoms with Gasteiger partial charge in [0.2, 0.25) is 0 Å². The van der Waals surface area contributed by atoms with Gasteiger partial charge in [-0.25, -0.2) is 0 Å². The van der Waals surface area contributed by atoms with E-state index in [1.54, 1.807) is 0 Å². The van der Waals surface area contributed by atoms with Crippen molar-refractivity contribution in [1.82, 2.24) is 10.5 Å². The lowest BCUT2D eigenvalue weighted by Gasteiger charge is -2.24. The number of hydrogen-bond acceptors (Lipinski definition) is 4. The summed E-state index contributed by atoms with van der Waals surface area (Å²) in [5.41, 5.74) is 0.959. The van der Waals surface area contributed by atoms with Crippen molar-refractivity contribution in [3.63, 3.8) is 0 Å². The van der Waals surface area contributed by atoms with Crippen molar-refractivity contribution < 1.29 is 9.26 Å². The quantitative estimate of drug-likeness (QED) is 0.686. The van der Waals surface area contributed by atoms with Crippen LogP contribution in [0, 0.1) is 5.92 Å². The third kappa shape index (κ3) is 4.42. The van der Waals surface area contributed by atoms with Crippen molar-refractivity contribution in [3.05, 3.63) is 17.5 Å². The van der Waals surface area contributed by atoms with Gasteiger partial charge in [-0.3, -0.25) is 0 Å². The molecule has 1 aromatic rings. The molecule has 0 aliphatic heterocycles. The molecular weight excluding hydrogens is 228 g/mol. The Kier molecular flexibility index (Phi) is 5.68. The zero-order chi connectivity index (χ0) is 12.6. The molecule has 1 fully saturated rings. The molecule has 0 aromatic carbocycles. The first-order valence-electron chi connectivity index (χ1n) is 7.11. The molecule has 0 amide bonds. The van der Waals surface area contributed by atoms with Gasteiger partial charge in [0.25, 0.3) is 0 Å². The maximum absolute atomic E-state index is 5.61. The summed E-state index contributed by atoms with van der Waals surface area (Å²) in [6, 6.07) is 1.98. The van der Waals surface area contributed by atoms with Crippen LogP contribution in [0.25, 0.3) is 0 Å². The molecule has 102 valence electrons. The van der Waals surface area contributed by atoms with Crippen molar-refractivity contribution in [2.24, 2.45) is 5.92 Å². The van der Waals surface area contributed by atoms with Crippen LogP contribution >= 0.6 is 0 Å². The van der Waals surface area contributed by atoms with Crippen molar-refractivity contribution in [1.29, 1.82) is 0 Å². The van der Waals surface area contributed by atoms with Gasteiger partial charge in [-0.2, -0.15) is 0 Å². The van der Waals surface area contributed by atoms with Crippen LogP contribution in [0.2, 0.25) is 0 Å². The number of ether oxygens (including phenoxy) is 1. The molecule has 1 aliphatic carbocycles. The Bertz CT molecular complexity index is 334. The normalized spacial score (nSPS) is 15.8. The largest absolute Gasteiger partial charge is 0.373 e. The molecule has 1 saturated carbocycles. The van der Waals surface area contributed by atoms with Gasteiger partial charge in [-0.15, -0.1) is 0 Å². The summed E-state index contributed by atoms with van der Waals surface area (Å²) >= 11 is 0. The molecular formula is C14H24N2O2. The van der Waals surface area contributed by atoms with Gasteiger partial charge < -0.3 is 14.6 Å². The van der Waals surface area contributed by atoms with E-state index in [0.717, 1.165) is 43.5 Å². The fraction of sp³-hybridized carbons (Fsp3) is 0.786. The van der Waals surface area contributed by atoms with Gasteiger partial charge in [0.05, 0.1) is 5.69 Å². The van der Waals surface area contributed by atoms with Crippen LogP contribution < -0.4 is 5.32 Å². The summed E-state index contributed by atoms with van der Waals surface area (Å²) in [4.78, 5) is 0. The number of nitrogens with zero attached hydrogens (tertiary/aromatic N) is 1. The predicted octanol–water partition coefficient (Wildman–Crippen LogP) is 2.88. The van der Waals surface area contributed by atoms with Gasteiger partial charge in [0.15, 0.2) is 5.76 Å². The van der Waals surface area contributed by atoms with Crippen molar-refractivity contribution in [2.75, 3.05) is 13.2 Å². The van der Waals surface area contributed by atoms with Crippen LogP contribution in [0.4, 0.5) is 0 Å². The average molecular weight is 252 g/mol. The highest BCUT2D eigenvalue weighted by atomic mass is 16.5. The molecule has 0 saturated heterocycles. The summed E-state index contributed by atoms with van der Waals surface area (Å²) in [6.45, 7) is 5.33. The Morgan fingerprint density at radius 2 is 2.39 bits per heavy atom. The first-order valence-corrected chi connectivity index (χ1v) is 7.11. The van der Waals surface area contributed by atoms with Gasteiger partial charge in [0, 0.05) is 19.2 Å². The first-order chi connectivity index (χ1) is 8.88. The number of aromatic nitrogens is 1. The van der Waals surface area contributed by atoms with Crippen LogP contribution in [0.1, 0.15) is 50.5 Å².